The SMILES string of the molecule is Cc1cc(C(=O)CN2C(=O)c3cccc([N+](=O)[O-])c3C2=O)c(C)n1CC1COc2ccccc2O1. The second-order valence-electron chi connectivity index (χ2n) is 8.47. The topological polar surface area (TPSA) is 121 Å². The van der Waals surface area contributed by atoms with Gasteiger partial charge in [-0.25, -0.2) is 0 Å². The van der Waals surface area contributed by atoms with Crippen LogP contribution in [0.25, 0.3) is 0 Å². The van der Waals surface area contributed by atoms with E-state index in [9.17, 15) is 24.5 Å². The van der Waals surface area contributed by atoms with Crippen LogP contribution in [0, 0.1) is 24.0 Å². The molecule has 1 unspecified atom stereocenters. The number of rotatable bonds is 6. The third-order valence-corrected chi connectivity index (χ3v) is 6.30. The van der Waals surface area contributed by atoms with Crippen LogP contribution < -0.4 is 9.47 Å². The van der Waals surface area contributed by atoms with Crippen LogP contribution in [0.1, 0.15) is 42.5 Å². The Balaban J connectivity index is 1.35. The van der Waals surface area contributed by atoms with Crippen molar-refractivity contribution in [2.75, 3.05) is 13.2 Å². The van der Waals surface area contributed by atoms with E-state index in [0.717, 1.165) is 10.6 Å². The number of imide groups is 1. The van der Waals surface area contributed by atoms with E-state index in [1.54, 1.807) is 13.0 Å². The number of nitro benzene ring substituents is 1. The second-order valence-corrected chi connectivity index (χ2v) is 8.47. The maximum atomic E-state index is 13.2. The average Bonchev–Trinajstić information content (AvgIpc) is 3.26. The Labute approximate surface area is 199 Å². The predicted octanol–water partition coefficient (Wildman–Crippen LogP) is 3.33. The lowest BCUT2D eigenvalue weighted by atomic mass is 10.1. The van der Waals surface area contributed by atoms with Gasteiger partial charge in [-0.2, -0.15) is 0 Å². The zero-order valence-electron chi connectivity index (χ0n) is 19.0. The van der Waals surface area contributed by atoms with E-state index in [2.05, 4.69) is 0 Å². The average molecular weight is 475 g/mol. The van der Waals surface area contributed by atoms with Crippen LogP contribution in [0.2, 0.25) is 0 Å². The summed E-state index contributed by atoms with van der Waals surface area (Å²) in [5, 5.41) is 11.3. The van der Waals surface area contributed by atoms with Crippen molar-refractivity contribution in [3.8, 4) is 11.5 Å². The van der Waals surface area contributed by atoms with Gasteiger partial charge in [0.1, 0.15) is 12.2 Å². The molecule has 10 heteroatoms. The Morgan fingerprint density at radius 2 is 1.83 bits per heavy atom. The van der Waals surface area contributed by atoms with Crippen molar-refractivity contribution in [1.29, 1.82) is 0 Å². The molecule has 2 amide bonds. The van der Waals surface area contributed by atoms with E-state index in [1.807, 2.05) is 35.8 Å². The molecule has 0 saturated carbocycles. The third-order valence-electron chi connectivity index (χ3n) is 6.30. The van der Waals surface area contributed by atoms with Crippen molar-refractivity contribution in [3.05, 3.63) is 86.7 Å². The monoisotopic (exact) mass is 475 g/mol. The number of benzene rings is 2. The largest absolute Gasteiger partial charge is 0.486 e. The molecular weight excluding hydrogens is 454 g/mol. The number of nitrogens with zero attached hydrogens (tertiary/aromatic N) is 3. The first-order chi connectivity index (χ1) is 16.8. The van der Waals surface area contributed by atoms with Gasteiger partial charge in [0.05, 0.1) is 23.6 Å². The van der Waals surface area contributed by atoms with E-state index in [1.165, 1.54) is 18.2 Å². The lowest BCUT2D eigenvalue weighted by molar-refractivity contribution is -0.385. The van der Waals surface area contributed by atoms with E-state index < -0.39 is 34.8 Å². The number of carbonyl (C=O) groups is 3. The molecule has 5 rings (SSSR count). The Bertz CT molecular complexity index is 1410. The minimum absolute atomic E-state index is 0.0720. The second kappa shape index (κ2) is 8.39. The van der Waals surface area contributed by atoms with Crippen LogP contribution >= 0.6 is 0 Å². The van der Waals surface area contributed by atoms with Gasteiger partial charge in [-0.3, -0.25) is 29.4 Å². The van der Waals surface area contributed by atoms with Gasteiger partial charge in [-0.15, -0.1) is 0 Å². The minimum atomic E-state index is -0.842. The van der Waals surface area contributed by atoms with Gasteiger partial charge in [0, 0.05) is 23.0 Å². The Morgan fingerprint density at radius 1 is 1.09 bits per heavy atom. The lowest BCUT2D eigenvalue weighted by Crippen LogP contribution is -2.35. The quantitative estimate of drug-likeness (QED) is 0.232. The fourth-order valence-corrected chi connectivity index (χ4v) is 4.56. The zero-order chi connectivity index (χ0) is 24.9. The maximum absolute atomic E-state index is 13.2. The highest BCUT2D eigenvalue weighted by Crippen LogP contribution is 2.33. The summed E-state index contributed by atoms with van der Waals surface area (Å²) in [5.74, 6) is -0.662. The minimum Gasteiger partial charge on any atom is -0.486 e. The molecule has 35 heavy (non-hydrogen) atoms. The van der Waals surface area contributed by atoms with Crippen molar-refractivity contribution in [2.45, 2.75) is 26.5 Å². The van der Waals surface area contributed by atoms with Crippen LogP contribution in [0.4, 0.5) is 5.69 Å². The van der Waals surface area contributed by atoms with E-state index in [4.69, 9.17) is 9.47 Å². The molecule has 2 aromatic carbocycles. The fourth-order valence-electron chi connectivity index (χ4n) is 4.56. The number of amides is 2. The lowest BCUT2D eigenvalue weighted by Gasteiger charge is -2.27. The Hall–Kier alpha value is -4.47. The highest BCUT2D eigenvalue weighted by Gasteiger charge is 2.42. The van der Waals surface area contributed by atoms with Crippen LogP contribution in [-0.2, 0) is 6.54 Å². The number of fused-ring (bicyclic) bond motifs is 2. The van der Waals surface area contributed by atoms with Gasteiger partial charge in [0.2, 0.25) is 0 Å². The zero-order valence-corrected chi connectivity index (χ0v) is 19.0. The van der Waals surface area contributed by atoms with E-state index in [-0.39, 0.29) is 17.2 Å². The summed E-state index contributed by atoms with van der Waals surface area (Å²) in [6.45, 7) is 3.92. The molecule has 1 atom stereocenters. The molecule has 0 aliphatic carbocycles. The summed E-state index contributed by atoms with van der Waals surface area (Å²) >= 11 is 0. The van der Waals surface area contributed by atoms with Gasteiger partial charge < -0.3 is 14.0 Å². The standard InChI is InChI=1S/C25H21N3O7/c1-14-10-18(15(2)26(14)11-16-13-34-21-8-3-4-9-22(21)35-16)20(29)12-27-24(30)17-6-5-7-19(28(32)33)23(17)25(27)31/h3-10,16H,11-13H2,1-2H3. The normalized spacial score (nSPS) is 16.4. The van der Waals surface area contributed by atoms with Gasteiger partial charge in [-0.05, 0) is 38.1 Å². The first-order valence-corrected chi connectivity index (χ1v) is 11.0. The van der Waals surface area contributed by atoms with Crippen LogP contribution in [0.5, 0.6) is 11.5 Å². The summed E-state index contributed by atoms with van der Waals surface area (Å²) in [7, 11) is 0. The van der Waals surface area contributed by atoms with Crippen LogP contribution in [0.15, 0.2) is 48.5 Å². The molecule has 0 N–H and O–H groups in total. The summed E-state index contributed by atoms with van der Waals surface area (Å²) in [5.41, 5.74) is 1.03. The van der Waals surface area contributed by atoms with Gasteiger partial charge >= 0.3 is 0 Å². The molecule has 3 aromatic rings. The molecule has 1 aromatic heterocycles. The number of Topliss-reactive ketones (excluding diaryl/α,β-unsaturated/α-hetero) is 1. The van der Waals surface area contributed by atoms with Crippen molar-refractivity contribution >= 4 is 23.3 Å². The molecule has 0 radical (unpaired) electrons. The number of carbonyl (C=O) groups excluding carboxylic acids is 3. The molecule has 178 valence electrons. The molecule has 0 spiro atoms. The van der Waals surface area contributed by atoms with Crippen LogP contribution in [-0.4, -0.2) is 51.2 Å². The summed E-state index contributed by atoms with van der Waals surface area (Å²) in [6, 6.07) is 13.0. The Kier molecular flexibility index (Phi) is 5.35. The summed E-state index contributed by atoms with van der Waals surface area (Å²) in [6.07, 6.45) is -0.269. The van der Waals surface area contributed by atoms with E-state index in [0.29, 0.717) is 35.9 Å². The Morgan fingerprint density at radius 3 is 2.57 bits per heavy atom. The summed E-state index contributed by atoms with van der Waals surface area (Å²) in [4.78, 5) is 50.1. The highest BCUT2D eigenvalue weighted by atomic mass is 16.6. The molecule has 10 nitrogen and oxygen atoms in total. The molecule has 0 bridgehead atoms. The highest BCUT2D eigenvalue weighted by molar-refractivity contribution is 6.24. The number of hydrogen-bond acceptors (Lipinski definition) is 7. The van der Waals surface area contributed by atoms with Crippen molar-refractivity contribution in [1.82, 2.24) is 9.47 Å². The van der Waals surface area contributed by atoms with Gasteiger partial charge in [0.15, 0.2) is 23.4 Å². The number of hydrogen-bond donors (Lipinski definition) is 0. The first-order valence-electron chi connectivity index (χ1n) is 11.0. The molecule has 2 aliphatic rings. The van der Waals surface area contributed by atoms with Crippen molar-refractivity contribution in [2.24, 2.45) is 0 Å². The number of para-hydroxylation sites is 2. The van der Waals surface area contributed by atoms with Crippen molar-refractivity contribution < 1.29 is 28.8 Å². The third kappa shape index (κ3) is 3.72. The molecule has 2 aliphatic heterocycles. The molecule has 3 heterocycles. The number of ketones is 1. The van der Waals surface area contributed by atoms with Crippen LogP contribution in [0.3, 0.4) is 0 Å². The number of aryl methyl sites for hydroxylation is 1. The molecule has 0 saturated heterocycles. The molecular formula is C25H21N3O7. The van der Waals surface area contributed by atoms with Gasteiger partial charge in [0.25, 0.3) is 17.5 Å². The molecule has 0 fully saturated rings. The number of ether oxygens (including phenoxy) is 2. The number of nitro groups is 1. The maximum Gasteiger partial charge on any atom is 0.282 e. The fraction of sp³-hybridized carbons (Fsp3) is 0.240. The van der Waals surface area contributed by atoms with E-state index >= 15 is 0 Å². The predicted molar refractivity (Wildman–Crippen MR) is 123 cm³/mol. The smallest absolute Gasteiger partial charge is 0.282 e. The summed E-state index contributed by atoms with van der Waals surface area (Å²) < 4.78 is 13.7. The van der Waals surface area contributed by atoms with Gasteiger partial charge in [-0.1, -0.05) is 18.2 Å². The van der Waals surface area contributed by atoms with Crippen molar-refractivity contribution in [3.63, 3.8) is 0 Å². The first kappa shape index (κ1) is 22.3. The number of aromatic nitrogens is 1.